The maximum atomic E-state index is 13.3. The Kier molecular flexibility index (Phi) is 6.17. The fourth-order valence-electron chi connectivity index (χ4n) is 2.19. The SMILES string of the molecule is O=C(Nc1cnc(F)cc1OCC(F)F)c1ccnc(Nc2ccc(F)cn2)c1. The quantitative estimate of drug-likeness (QED) is 0.458. The number of aromatic nitrogens is 3. The Hall–Kier alpha value is -3.76. The van der Waals surface area contributed by atoms with Crippen LogP contribution in [0.2, 0.25) is 0 Å². The van der Waals surface area contributed by atoms with Crippen molar-refractivity contribution in [3.8, 4) is 5.75 Å². The zero-order chi connectivity index (χ0) is 20.8. The van der Waals surface area contributed by atoms with Crippen molar-refractivity contribution in [3.63, 3.8) is 0 Å². The van der Waals surface area contributed by atoms with Gasteiger partial charge in [-0.2, -0.15) is 4.39 Å². The Morgan fingerprint density at radius 2 is 1.86 bits per heavy atom. The van der Waals surface area contributed by atoms with Gasteiger partial charge in [-0.1, -0.05) is 0 Å². The van der Waals surface area contributed by atoms with E-state index in [4.69, 9.17) is 4.74 Å². The maximum Gasteiger partial charge on any atom is 0.272 e. The molecular formula is C18H13F4N5O2. The molecule has 1 amide bonds. The highest BCUT2D eigenvalue weighted by Crippen LogP contribution is 2.25. The van der Waals surface area contributed by atoms with Crippen LogP contribution in [0, 0.1) is 11.8 Å². The van der Waals surface area contributed by atoms with Gasteiger partial charge in [-0.3, -0.25) is 4.79 Å². The molecule has 0 bridgehead atoms. The third kappa shape index (κ3) is 5.61. The number of rotatable bonds is 7. The average Bonchev–Trinajstić information content (AvgIpc) is 2.70. The number of pyridine rings is 3. The number of amides is 1. The van der Waals surface area contributed by atoms with Gasteiger partial charge in [-0.25, -0.2) is 28.1 Å². The fourth-order valence-corrected chi connectivity index (χ4v) is 2.19. The molecule has 0 saturated carbocycles. The summed E-state index contributed by atoms with van der Waals surface area (Å²) in [6.45, 7) is -0.972. The Morgan fingerprint density at radius 3 is 2.59 bits per heavy atom. The van der Waals surface area contributed by atoms with Gasteiger partial charge >= 0.3 is 0 Å². The molecule has 29 heavy (non-hydrogen) atoms. The lowest BCUT2D eigenvalue weighted by atomic mass is 10.2. The molecule has 0 aliphatic heterocycles. The van der Waals surface area contributed by atoms with Crippen LogP contribution < -0.4 is 15.4 Å². The second-order valence-corrected chi connectivity index (χ2v) is 5.58. The van der Waals surface area contributed by atoms with Crippen molar-refractivity contribution in [1.82, 2.24) is 15.0 Å². The Bertz CT molecular complexity index is 1000. The summed E-state index contributed by atoms with van der Waals surface area (Å²) in [6, 6.07) is 6.17. The predicted octanol–water partition coefficient (Wildman–Crippen LogP) is 3.79. The molecule has 0 unspecified atom stereocenters. The summed E-state index contributed by atoms with van der Waals surface area (Å²) in [5.41, 5.74) is 0.0670. The molecule has 0 fully saturated rings. The molecule has 0 saturated heterocycles. The summed E-state index contributed by atoms with van der Waals surface area (Å²) in [7, 11) is 0. The number of anilines is 3. The molecule has 0 aliphatic rings. The lowest BCUT2D eigenvalue weighted by Gasteiger charge is -2.12. The average molecular weight is 407 g/mol. The normalized spacial score (nSPS) is 10.7. The summed E-state index contributed by atoms with van der Waals surface area (Å²) < 4.78 is 55.7. The molecule has 3 heterocycles. The molecule has 3 aromatic rings. The number of hydrogen-bond acceptors (Lipinski definition) is 6. The van der Waals surface area contributed by atoms with Gasteiger partial charge in [-0.05, 0) is 24.3 Å². The number of carbonyl (C=O) groups is 1. The van der Waals surface area contributed by atoms with Gasteiger partial charge in [0.05, 0.1) is 12.4 Å². The van der Waals surface area contributed by atoms with Crippen LogP contribution in [-0.2, 0) is 0 Å². The predicted molar refractivity (Wildman–Crippen MR) is 95.4 cm³/mol. The fraction of sp³-hybridized carbons (Fsp3) is 0.111. The summed E-state index contributed by atoms with van der Waals surface area (Å²) in [5.74, 6) is -1.82. The first-order valence-corrected chi connectivity index (χ1v) is 8.13. The standard InChI is InChI=1S/C18H13F4N5O2/c19-11-1-2-16(25-7-11)27-17-5-10(3-4-23-17)18(28)26-12-8-24-15(22)6-13(12)29-9-14(20)21/h1-8,14H,9H2,(H,26,28)(H,23,25,27). The van der Waals surface area contributed by atoms with Crippen molar-refractivity contribution in [1.29, 1.82) is 0 Å². The lowest BCUT2D eigenvalue weighted by molar-refractivity contribution is 0.0819. The number of nitrogens with one attached hydrogen (secondary N) is 2. The van der Waals surface area contributed by atoms with E-state index < -0.39 is 30.7 Å². The van der Waals surface area contributed by atoms with E-state index in [1.165, 1.54) is 30.5 Å². The van der Waals surface area contributed by atoms with E-state index in [1.54, 1.807) is 0 Å². The Morgan fingerprint density at radius 1 is 1.03 bits per heavy atom. The number of alkyl halides is 2. The van der Waals surface area contributed by atoms with Crippen molar-refractivity contribution >= 4 is 23.2 Å². The number of ether oxygens (including phenoxy) is 1. The smallest absolute Gasteiger partial charge is 0.272 e. The van der Waals surface area contributed by atoms with E-state index in [9.17, 15) is 22.4 Å². The number of halogens is 4. The van der Waals surface area contributed by atoms with Crippen molar-refractivity contribution < 1.29 is 27.1 Å². The monoisotopic (exact) mass is 407 g/mol. The van der Waals surface area contributed by atoms with E-state index in [0.29, 0.717) is 5.82 Å². The molecule has 0 atom stereocenters. The van der Waals surface area contributed by atoms with Gasteiger partial charge in [0.25, 0.3) is 12.3 Å². The van der Waals surface area contributed by atoms with Crippen molar-refractivity contribution in [2.75, 3.05) is 17.2 Å². The topological polar surface area (TPSA) is 89.0 Å². The number of nitrogens with zero attached hydrogens (tertiary/aromatic N) is 3. The second kappa shape index (κ2) is 8.95. The summed E-state index contributed by atoms with van der Waals surface area (Å²) in [4.78, 5) is 23.7. The van der Waals surface area contributed by atoms with Crippen LogP contribution in [-0.4, -0.2) is 33.9 Å². The first-order chi connectivity index (χ1) is 13.9. The van der Waals surface area contributed by atoms with E-state index in [0.717, 1.165) is 18.5 Å². The van der Waals surface area contributed by atoms with Gasteiger partial charge in [-0.15, -0.1) is 0 Å². The van der Waals surface area contributed by atoms with Gasteiger partial charge in [0, 0.05) is 17.8 Å². The van der Waals surface area contributed by atoms with Crippen LogP contribution in [0.15, 0.2) is 48.9 Å². The third-order valence-corrected chi connectivity index (χ3v) is 3.45. The van der Waals surface area contributed by atoms with Gasteiger partial charge in [0.2, 0.25) is 5.95 Å². The molecule has 150 valence electrons. The molecule has 0 radical (unpaired) electrons. The van der Waals surface area contributed by atoms with Crippen LogP contribution in [0.3, 0.4) is 0 Å². The molecule has 3 aromatic heterocycles. The summed E-state index contributed by atoms with van der Waals surface area (Å²) >= 11 is 0. The van der Waals surface area contributed by atoms with Gasteiger partial charge in [0.1, 0.15) is 35.5 Å². The summed E-state index contributed by atoms with van der Waals surface area (Å²) in [6.07, 6.45) is 0.541. The Balaban J connectivity index is 1.75. The van der Waals surface area contributed by atoms with E-state index in [1.807, 2.05) is 0 Å². The molecular weight excluding hydrogens is 394 g/mol. The highest BCUT2D eigenvalue weighted by molar-refractivity contribution is 6.05. The largest absolute Gasteiger partial charge is 0.485 e. The first-order valence-electron chi connectivity index (χ1n) is 8.13. The van der Waals surface area contributed by atoms with Crippen molar-refractivity contribution in [2.45, 2.75) is 6.43 Å². The van der Waals surface area contributed by atoms with Gasteiger partial charge < -0.3 is 15.4 Å². The van der Waals surface area contributed by atoms with Crippen LogP contribution >= 0.6 is 0 Å². The third-order valence-electron chi connectivity index (χ3n) is 3.45. The van der Waals surface area contributed by atoms with Gasteiger partial charge in [0.15, 0.2) is 0 Å². The summed E-state index contributed by atoms with van der Waals surface area (Å²) in [5, 5.41) is 5.22. The molecule has 3 rings (SSSR count). The van der Waals surface area contributed by atoms with Crippen molar-refractivity contribution in [3.05, 3.63) is 66.3 Å². The van der Waals surface area contributed by atoms with E-state index >= 15 is 0 Å². The highest BCUT2D eigenvalue weighted by Gasteiger charge is 2.14. The molecule has 7 nitrogen and oxygen atoms in total. The van der Waals surface area contributed by atoms with Crippen LogP contribution in [0.1, 0.15) is 10.4 Å². The van der Waals surface area contributed by atoms with Crippen LogP contribution in [0.25, 0.3) is 0 Å². The van der Waals surface area contributed by atoms with Crippen LogP contribution in [0.5, 0.6) is 5.75 Å². The lowest BCUT2D eigenvalue weighted by Crippen LogP contribution is -2.15. The molecule has 0 aromatic carbocycles. The number of carbonyl (C=O) groups excluding carboxylic acids is 1. The number of hydrogen-bond donors (Lipinski definition) is 2. The molecule has 11 heteroatoms. The minimum atomic E-state index is -2.77. The molecule has 0 spiro atoms. The maximum absolute atomic E-state index is 13.3. The minimum absolute atomic E-state index is 0.0800. The zero-order valence-corrected chi connectivity index (χ0v) is 14.6. The van der Waals surface area contributed by atoms with E-state index in [-0.39, 0.29) is 22.8 Å². The second-order valence-electron chi connectivity index (χ2n) is 5.58. The molecule has 0 aliphatic carbocycles. The Labute approximate surface area is 161 Å². The van der Waals surface area contributed by atoms with E-state index in [2.05, 4.69) is 25.6 Å². The van der Waals surface area contributed by atoms with Crippen LogP contribution in [0.4, 0.5) is 34.9 Å². The highest BCUT2D eigenvalue weighted by atomic mass is 19.3. The zero-order valence-electron chi connectivity index (χ0n) is 14.6. The molecule has 2 N–H and O–H groups in total. The van der Waals surface area contributed by atoms with Crippen molar-refractivity contribution in [2.24, 2.45) is 0 Å². The minimum Gasteiger partial charge on any atom is -0.485 e. The first kappa shape index (κ1) is 20.0.